The Balaban J connectivity index is 0.000000100. The van der Waals surface area contributed by atoms with E-state index in [0.717, 1.165) is 0 Å². The van der Waals surface area contributed by atoms with Crippen LogP contribution in [0.3, 0.4) is 0 Å². The topological polar surface area (TPSA) is 29.6 Å². The van der Waals surface area contributed by atoms with E-state index < -0.39 is 0 Å². The van der Waals surface area contributed by atoms with E-state index in [0.29, 0.717) is 0 Å². The summed E-state index contributed by atoms with van der Waals surface area (Å²) < 4.78 is 22.4. The summed E-state index contributed by atoms with van der Waals surface area (Å²) in [4.78, 5) is 0. The fourth-order valence-corrected chi connectivity index (χ4v) is 24.5. The first-order valence-electron chi connectivity index (χ1n) is 44.0. The summed E-state index contributed by atoms with van der Waals surface area (Å²) in [6.07, 6.45) is 0. The lowest BCUT2D eigenvalue weighted by Crippen LogP contribution is -1.95. The molecule has 0 spiro atoms. The molecule has 29 aromatic rings. The van der Waals surface area contributed by atoms with E-state index in [-0.39, 0.29) is 0 Å². The van der Waals surface area contributed by atoms with Crippen molar-refractivity contribution >= 4 is 225 Å². The third-order valence-electron chi connectivity index (χ3n) is 26.7. The van der Waals surface area contributed by atoms with Crippen molar-refractivity contribution in [3.05, 3.63) is 449 Å². The first-order valence-corrected chi connectivity index (χ1v) is 46.5. The number of rotatable bonds is 8. The van der Waals surface area contributed by atoms with Gasteiger partial charge in [0.2, 0.25) is 0 Å². The fourth-order valence-electron chi connectivity index (χ4n) is 21.0. The van der Waals surface area contributed by atoms with Crippen LogP contribution in [-0.4, -0.2) is 27.4 Å². The van der Waals surface area contributed by atoms with Crippen molar-refractivity contribution in [1.82, 2.24) is 27.4 Å². The Labute approximate surface area is 752 Å². The van der Waals surface area contributed by atoms with Crippen molar-refractivity contribution < 1.29 is 0 Å². The van der Waals surface area contributed by atoms with E-state index in [9.17, 15) is 0 Å². The molecule has 602 valence electrons. The summed E-state index contributed by atoms with van der Waals surface area (Å²) in [6.45, 7) is 0. The average molecular weight is 1700 g/mol. The molecule has 0 atom stereocenters. The average Bonchev–Trinajstić information content (AvgIpc) is 1.56. The SMILES string of the molecule is c1ccc(-n2c3ccccc3c3cc(-c4ccc5c(c4)c4c6sc7ccccc7c6ccc4n5-c4ccccc4)ccc32)cc1.c1ccc(-n2c3ccccc3c3cc(-c4ccc5c(c4)c4cc6sc7ccccc7c6cc4n5-c4ccccc4)ccc32)cc1.c1ccc(-n2c3ccccc3c3cc(-n4c5ccccc5c5cc6c(cc54)sc4ccccc46)ccc32)cc1. The van der Waals surface area contributed by atoms with Gasteiger partial charge in [-0.1, -0.05) is 249 Å². The molecular weight excluding hydrogens is 1620 g/mol. The number of benzene rings is 20. The van der Waals surface area contributed by atoms with Crippen LogP contribution in [0.25, 0.3) is 248 Å². The van der Waals surface area contributed by atoms with Gasteiger partial charge < -0.3 is 27.4 Å². The quantitative estimate of drug-likeness (QED) is 0.145. The molecule has 0 radical (unpaired) electrons. The van der Waals surface area contributed by atoms with Crippen LogP contribution in [0.15, 0.2) is 449 Å². The summed E-state index contributed by atoms with van der Waals surface area (Å²) >= 11 is 5.67. The standard InChI is InChI=1S/2C42H26N2S.C36H22N2S/c1-3-11-29(12-4-1)43-36-17-9-7-15-31(36)34-25-27(19-22-37(34)43)28-20-23-38-35(26-28)41-39(44(38)30-13-5-2-6-14-30)24-21-33-32-16-8-10-18-40(32)45-42(33)41;1-3-11-29(12-4-1)43-37-17-9-7-15-31(37)33-23-27(19-21-38(33)43)28-20-22-39-34(24-28)35-26-42-36(32-16-8-10-18-41(32)45-42)25-40(35)44(39)30-13-5-2-6-14-30;1-2-10-23(11-3-1)37-31-15-7-4-12-25(31)28-20-24(18-19-33(28)37)38-32-16-8-5-13-26(32)29-21-30-27-14-6-9-17-35(27)39-36(30)22-34(29)38/h2*1-26H;1-22H. The summed E-state index contributed by atoms with van der Waals surface area (Å²) in [6, 6.07) is 164. The molecule has 6 nitrogen and oxygen atoms in total. The molecular formula is C120H74N6S3. The van der Waals surface area contributed by atoms with Gasteiger partial charge in [0.15, 0.2) is 0 Å². The van der Waals surface area contributed by atoms with Crippen LogP contribution >= 0.6 is 34.0 Å². The van der Waals surface area contributed by atoms with E-state index >= 15 is 0 Å². The van der Waals surface area contributed by atoms with Crippen molar-refractivity contribution in [2.75, 3.05) is 0 Å². The highest BCUT2D eigenvalue weighted by Crippen LogP contribution is 2.49. The largest absolute Gasteiger partial charge is 0.309 e. The second-order valence-electron chi connectivity index (χ2n) is 33.8. The molecule has 129 heavy (non-hydrogen) atoms. The number of nitrogens with zero attached hydrogens (tertiary/aromatic N) is 6. The summed E-state index contributed by atoms with van der Waals surface area (Å²) in [5.41, 5.74) is 26.8. The maximum atomic E-state index is 2.45. The van der Waals surface area contributed by atoms with Gasteiger partial charge >= 0.3 is 0 Å². The maximum Gasteiger partial charge on any atom is 0.0555 e. The highest BCUT2D eigenvalue weighted by molar-refractivity contribution is 7.27. The molecule has 0 N–H and O–H groups in total. The Hall–Kier alpha value is -16.1. The fraction of sp³-hybridized carbons (Fsp3) is 0. The van der Waals surface area contributed by atoms with Crippen LogP contribution in [0.2, 0.25) is 0 Å². The molecule has 0 aliphatic rings. The van der Waals surface area contributed by atoms with Gasteiger partial charge in [0, 0.05) is 159 Å². The molecule has 29 rings (SSSR count). The Kier molecular flexibility index (Phi) is 16.6. The normalized spacial score (nSPS) is 12.0. The maximum absolute atomic E-state index is 2.45. The minimum Gasteiger partial charge on any atom is -0.309 e. The first kappa shape index (κ1) is 73.2. The first-order chi connectivity index (χ1) is 64.0. The monoisotopic (exact) mass is 1690 g/mol. The van der Waals surface area contributed by atoms with Gasteiger partial charge in [-0.15, -0.1) is 34.0 Å². The Morgan fingerprint density at radius 3 is 0.829 bits per heavy atom. The van der Waals surface area contributed by atoms with Crippen molar-refractivity contribution in [3.63, 3.8) is 0 Å². The van der Waals surface area contributed by atoms with Crippen molar-refractivity contribution in [1.29, 1.82) is 0 Å². The molecule has 0 saturated carbocycles. The van der Waals surface area contributed by atoms with E-state index in [1.54, 1.807) is 0 Å². The molecule has 0 bridgehead atoms. The number of hydrogen-bond acceptors (Lipinski definition) is 3. The second kappa shape index (κ2) is 29.2. The smallest absolute Gasteiger partial charge is 0.0555 e. The highest BCUT2D eigenvalue weighted by Gasteiger charge is 2.25. The predicted octanol–water partition coefficient (Wildman–Crippen LogP) is 34.1. The summed E-state index contributed by atoms with van der Waals surface area (Å²) in [5, 5.41) is 23.4. The van der Waals surface area contributed by atoms with Crippen LogP contribution in [0.5, 0.6) is 0 Å². The number of thiophene rings is 3. The second-order valence-corrected chi connectivity index (χ2v) is 37.0. The third-order valence-corrected chi connectivity index (χ3v) is 30.2. The van der Waals surface area contributed by atoms with Gasteiger partial charge in [-0.05, 0) is 222 Å². The molecule has 0 unspecified atom stereocenters. The molecule has 20 aromatic carbocycles. The molecule has 0 amide bonds. The van der Waals surface area contributed by atoms with Crippen LogP contribution in [0, 0.1) is 0 Å². The van der Waals surface area contributed by atoms with E-state index in [2.05, 4.69) is 476 Å². The Bertz CT molecular complexity index is 9630. The van der Waals surface area contributed by atoms with Crippen molar-refractivity contribution in [3.8, 4) is 56.4 Å². The van der Waals surface area contributed by atoms with Gasteiger partial charge in [-0.25, -0.2) is 0 Å². The Morgan fingerprint density at radius 2 is 0.395 bits per heavy atom. The lowest BCUT2D eigenvalue weighted by Gasteiger charge is -2.10. The van der Waals surface area contributed by atoms with Gasteiger partial charge in [-0.3, -0.25) is 0 Å². The summed E-state index contributed by atoms with van der Waals surface area (Å²) in [7, 11) is 0. The van der Waals surface area contributed by atoms with Crippen LogP contribution in [-0.2, 0) is 0 Å². The molecule has 0 saturated heterocycles. The molecule has 9 heterocycles. The summed E-state index contributed by atoms with van der Waals surface area (Å²) in [5.74, 6) is 0. The van der Waals surface area contributed by atoms with Crippen molar-refractivity contribution in [2.45, 2.75) is 0 Å². The molecule has 9 aromatic heterocycles. The molecule has 0 aliphatic carbocycles. The van der Waals surface area contributed by atoms with Gasteiger partial charge in [-0.2, -0.15) is 0 Å². The van der Waals surface area contributed by atoms with Crippen LogP contribution in [0.1, 0.15) is 0 Å². The third kappa shape index (κ3) is 11.5. The minimum atomic E-state index is 1.18. The lowest BCUT2D eigenvalue weighted by atomic mass is 10.00. The zero-order chi connectivity index (χ0) is 84.5. The zero-order valence-corrected chi connectivity index (χ0v) is 72.1. The number of hydrogen-bond donors (Lipinski definition) is 0. The molecule has 9 heteroatoms. The van der Waals surface area contributed by atoms with Gasteiger partial charge in [0.05, 0.1) is 66.2 Å². The highest BCUT2D eigenvalue weighted by atomic mass is 32.1. The number of fused-ring (bicyclic) bond motifs is 28. The van der Waals surface area contributed by atoms with E-state index in [4.69, 9.17) is 0 Å². The van der Waals surface area contributed by atoms with Crippen molar-refractivity contribution in [2.24, 2.45) is 0 Å². The Morgan fingerprint density at radius 1 is 0.124 bits per heavy atom. The molecule has 0 aliphatic heterocycles. The zero-order valence-electron chi connectivity index (χ0n) is 69.6. The minimum absolute atomic E-state index is 1.18. The predicted molar refractivity (Wildman–Crippen MR) is 555 cm³/mol. The number of aromatic nitrogens is 6. The van der Waals surface area contributed by atoms with Crippen LogP contribution < -0.4 is 0 Å². The lowest BCUT2D eigenvalue weighted by molar-refractivity contribution is 1.17. The molecule has 0 fully saturated rings. The van der Waals surface area contributed by atoms with Gasteiger partial charge in [0.1, 0.15) is 0 Å². The van der Waals surface area contributed by atoms with Gasteiger partial charge in [0.25, 0.3) is 0 Å². The number of para-hydroxylation sites is 9. The van der Waals surface area contributed by atoms with E-state index in [1.165, 1.54) is 248 Å². The van der Waals surface area contributed by atoms with Crippen LogP contribution in [0.4, 0.5) is 0 Å². The van der Waals surface area contributed by atoms with E-state index in [1.807, 2.05) is 34.0 Å².